The van der Waals surface area contributed by atoms with Crippen LogP contribution in [-0.2, 0) is 4.74 Å². The normalized spacial score (nSPS) is 19.1. The summed E-state index contributed by atoms with van der Waals surface area (Å²) in [6.07, 6.45) is 1.26. The van der Waals surface area contributed by atoms with E-state index in [1.807, 2.05) is 0 Å². The lowest BCUT2D eigenvalue weighted by molar-refractivity contribution is 0.0374. The van der Waals surface area contributed by atoms with Crippen molar-refractivity contribution >= 4 is 0 Å². The molecular formula is C11H24N2O. The zero-order valence-corrected chi connectivity index (χ0v) is 9.59. The maximum atomic E-state index is 5.30. The van der Waals surface area contributed by atoms with Gasteiger partial charge in [-0.1, -0.05) is 13.8 Å². The average molecular weight is 200 g/mol. The van der Waals surface area contributed by atoms with Crippen molar-refractivity contribution < 1.29 is 4.74 Å². The van der Waals surface area contributed by atoms with Crippen molar-refractivity contribution in [1.29, 1.82) is 0 Å². The minimum absolute atomic E-state index is 0.762. The van der Waals surface area contributed by atoms with Crippen LogP contribution in [0.15, 0.2) is 0 Å². The van der Waals surface area contributed by atoms with Crippen LogP contribution < -0.4 is 5.32 Å². The summed E-state index contributed by atoms with van der Waals surface area (Å²) in [6.45, 7) is 12.1. The van der Waals surface area contributed by atoms with Gasteiger partial charge in [0.2, 0.25) is 0 Å². The van der Waals surface area contributed by atoms with E-state index in [2.05, 4.69) is 24.1 Å². The van der Waals surface area contributed by atoms with E-state index in [9.17, 15) is 0 Å². The minimum atomic E-state index is 0.762. The zero-order valence-electron chi connectivity index (χ0n) is 9.59. The van der Waals surface area contributed by atoms with Gasteiger partial charge in [0, 0.05) is 13.1 Å². The molecule has 0 spiro atoms. The summed E-state index contributed by atoms with van der Waals surface area (Å²) in [5, 5.41) is 3.47. The fourth-order valence-electron chi connectivity index (χ4n) is 1.64. The van der Waals surface area contributed by atoms with Crippen molar-refractivity contribution in [1.82, 2.24) is 10.2 Å². The summed E-state index contributed by atoms with van der Waals surface area (Å²) >= 11 is 0. The van der Waals surface area contributed by atoms with Gasteiger partial charge < -0.3 is 10.1 Å². The predicted octanol–water partition coefficient (Wildman–Crippen LogP) is 0.954. The summed E-state index contributed by atoms with van der Waals surface area (Å²) < 4.78 is 5.30. The van der Waals surface area contributed by atoms with Crippen molar-refractivity contribution in [3.8, 4) is 0 Å². The van der Waals surface area contributed by atoms with E-state index in [-0.39, 0.29) is 0 Å². The standard InChI is InChI=1S/C11H24N2O/c1-11(2)10-12-4-3-5-13-6-8-14-9-7-13/h11-12H,3-10H2,1-2H3. The molecule has 0 aromatic heterocycles. The Morgan fingerprint density at radius 1 is 1.29 bits per heavy atom. The molecule has 1 aliphatic heterocycles. The highest BCUT2D eigenvalue weighted by Gasteiger charge is 2.08. The molecule has 1 aliphatic rings. The molecule has 3 nitrogen and oxygen atoms in total. The lowest BCUT2D eigenvalue weighted by Gasteiger charge is -2.26. The topological polar surface area (TPSA) is 24.5 Å². The van der Waals surface area contributed by atoms with Crippen molar-refractivity contribution in [2.75, 3.05) is 45.9 Å². The molecule has 0 bridgehead atoms. The molecule has 0 saturated carbocycles. The maximum absolute atomic E-state index is 5.30. The van der Waals surface area contributed by atoms with Gasteiger partial charge >= 0.3 is 0 Å². The number of ether oxygens (including phenoxy) is 1. The molecule has 0 amide bonds. The van der Waals surface area contributed by atoms with Gasteiger partial charge in [-0.15, -0.1) is 0 Å². The number of morpholine rings is 1. The van der Waals surface area contributed by atoms with Gasteiger partial charge in [-0.3, -0.25) is 4.90 Å². The molecule has 0 unspecified atom stereocenters. The summed E-state index contributed by atoms with van der Waals surface area (Å²) in [6, 6.07) is 0. The van der Waals surface area contributed by atoms with Crippen molar-refractivity contribution in [2.45, 2.75) is 20.3 Å². The fourth-order valence-corrected chi connectivity index (χ4v) is 1.64. The Balaban J connectivity index is 1.87. The quantitative estimate of drug-likeness (QED) is 0.646. The van der Waals surface area contributed by atoms with Crippen molar-refractivity contribution in [3.05, 3.63) is 0 Å². The van der Waals surface area contributed by atoms with Crippen LogP contribution in [-0.4, -0.2) is 50.8 Å². The van der Waals surface area contributed by atoms with Crippen LogP contribution in [0.4, 0.5) is 0 Å². The first-order valence-corrected chi connectivity index (χ1v) is 5.80. The summed E-state index contributed by atoms with van der Waals surface area (Å²) in [5.41, 5.74) is 0. The molecule has 1 saturated heterocycles. The van der Waals surface area contributed by atoms with Crippen LogP contribution in [0.3, 0.4) is 0 Å². The molecule has 0 aromatic rings. The summed E-state index contributed by atoms with van der Waals surface area (Å²) in [5.74, 6) is 0.762. The van der Waals surface area contributed by atoms with Gasteiger partial charge in [-0.25, -0.2) is 0 Å². The lowest BCUT2D eigenvalue weighted by Crippen LogP contribution is -2.37. The highest BCUT2D eigenvalue weighted by Crippen LogP contribution is 1.97. The van der Waals surface area contributed by atoms with E-state index in [4.69, 9.17) is 4.74 Å². The first-order chi connectivity index (χ1) is 6.79. The fraction of sp³-hybridized carbons (Fsp3) is 1.00. The first-order valence-electron chi connectivity index (χ1n) is 5.80. The first kappa shape index (κ1) is 12.0. The predicted molar refractivity (Wildman–Crippen MR) is 59.6 cm³/mol. The Kier molecular flexibility index (Phi) is 6.15. The lowest BCUT2D eigenvalue weighted by atomic mass is 10.2. The molecule has 14 heavy (non-hydrogen) atoms. The van der Waals surface area contributed by atoms with Crippen molar-refractivity contribution in [2.24, 2.45) is 5.92 Å². The monoisotopic (exact) mass is 200 g/mol. The molecule has 0 aliphatic carbocycles. The molecule has 3 heteroatoms. The number of nitrogens with zero attached hydrogens (tertiary/aromatic N) is 1. The van der Waals surface area contributed by atoms with Crippen LogP contribution in [0.5, 0.6) is 0 Å². The number of rotatable bonds is 6. The molecule has 1 heterocycles. The Bertz CT molecular complexity index is 133. The van der Waals surface area contributed by atoms with Crippen LogP contribution >= 0.6 is 0 Å². The second kappa shape index (κ2) is 7.21. The van der Waals surface area contributed by atoms with E-state index in [1.54, 1.807) is 0 Å². The largest absolute Gasteiger partial charge is 0.379 e. The van der Waals surface area contributed by atoms with E-state index < -0.39 is 0 Å². The van der Waals surface area contributed by atoms with Gasteiger partial charge in [0.05, 0.1) is 13.2 Å². The number of hydrogen-bond donors (Lipinski definition) is 1. The Labute approximate surface area is 87.8 Å². The smallest absolute Gasteiger partial charge is 0.0594 e. The molecule has 84 valence electrons. The van der Waals surface area contributed by atoms with Crippen LogP contribution in [0.1, 0.15) is 20.3 Å². The third kappa shape index (κ3) is 5.58. The molecule has 0 aromatic carbocycles. The Morgan fingerprint density at radius 3 is 2.64 bits per heavy atom. The Hall–Kier alpha value is -0.120. The van der Waals surface area contributed by atoms with Gasteiger partial charge in [-0.05, 0) is 32.0 Å². The third-order valence-corrected chi connectivity index (χ3v) is 2.48. The third-order valence-electron chi connectivity index (χ3n) is 2.48. The minimum Gasteiger partial charge on any atom is -0.379 e. The highest BCUT2D eigenvalue weighted by atomic mass is 16.5. The number of hydrogen-bond acceptors (Lipinski definition) is 3. The van der Waals surface area contributed by atoms with E-state index in [0.29, 0.717) is 0 Å². The zero-order chi connectivity index (χ0) is 10.2. The maximum Gasteiger partial charge on any atom is 0.0594 e. The second-order valence-electron chi connectivity index (χ2n) is 4.41. The Morgan fingerprint density at radius 2 is 2.00 bits per heavy atom. The molecule has 1 N–H and O–H groups in total. The summed E-state index contributed by atoms with van der Waals surface area (Å²) in [4.78, 5) is 2.49. The second-order valence-corrected chi connectivity index (χ2v) is 4.41. The SMILES string of the molecule is CC(C)CNCCCN1CCOCC1. The van der Waals surface area contributed by atoms with Gasteiger partial charge in [0.15, 0.2) is 0 Å². The van der Waals surface area contributed by atoms with E-state index >= 15 is 0 Å². The average Bonchev–Trinajstić information content (AvgIpc) is 2.18. The molecule has 0 radical (unpaired) electrons. The van der Waals surface area contributed by atoms with Gasteiger partial charge in [0.1, 0.15) is 0 Å². The van der Waals surface area contributed by atoms with E-state index in [0.717, 1.165) is 45.3 Å². The molecule has 1 fully saturated rings. The van der Waals surface area contributed by atoms with E-state index in [1.165, 1.54) is 13.0 Å². The molecular weight excluding hydrogens is 176 g/mol. The number of nitrogens with one attached hydrogen (secondary N) is 1. The highest BCUT2D eigenvalue weighted by molar-refractivity contribution is 4.62. The van der Waals surface area contributed by atoms with Crippen LogP contribution in [0.25, 0.3) is 0 Å². The van der Waals surface area contributed by atoms with Crippen LogP contribution in [0, 0.1) is 5.92 Å². The molecule has 1 rings (SSSR count). The summed E-state index contributed by atoms with van der Waals surface area (Å²) in [7, 11) is 0. The van der Waals surface area contributed by atoms with Gasteiger partial charge in [0.25, 0.3) is 0 Å². The van der Waals surface area contributed by atoms with Crippen LogP contribution in [0.2, 0.25) is 0 Å². The molecule has 0 atom stereocenters. The van der Waals surface area contributed by atoms with Gasteiger partial charge in [-0.2, -0.15) is 0 Å². The van der Waals surface area contributed by atoms with Crippen molar-refractivity contribution in [3.63, 3.8) is 0 Å².